The van der Waals surface area contributed by atoms with E-state index in [9.17, 15) is 4.79 Å². The molecule has 2 saturated heterocycles. The Labute approximate surface area is 168 Å². The molecule has 28 heavy (non-hydrogen) atoms. The van der Waals surface area contributed by atoms with Gasteiger partial charge in [-0.15, -0.1) is 0 Å². The van der Waals surface area contributed by atoms with Crippen LogP contribution in [0.5, 0.6) is 5.75 Å². The van der Waals surface area contributed by atoms with Gasteiger partial charge in [-0.3, -0.25) is 4.79 Å². The molecular weight excluding hydrogens is 358 g/mol. The van der Waals surface area contributed by atoms with E-state index < -0.39 is 42.6 Å². The van der Waals surface area contributed by atoms with Gasteiger partial charge in [0.1, 0.15) is 5.75 Å². The summed E-state index contributed by atoms with van der Waals surface area (Å²) in [5.41, 5.74) is -0.387. The van der Waals surface area contributed by atoms with Gasteiger partial charge in [0.2, 0.25) is 0 Å². The first-order valence-corrected chi connectivity index (χ1v) is 9.68. The van der Waals surface area contributed by atoms with E-state index in [1.54, 1.807) is 12.1 Å². The smallest absolute Gasteiger partial charge is 0.427 e. The fourth-order valence-electron chi connectivity index (χ4n) is 3.10. The maximum Gasteiger partial charge on any atom is 0.494 e. The summed E-state index contributed by atoms with van der Waals surface area (Å²) in [7, 11) is -1.16. The van der Waals surface area contributed by atoms with E-state index in [-0.39, 0.29) is 0 Å². The lowest BCUT2D eigenvalue weighted by Crippen LogP contribution is -2.41. The third-order valence-electron chi connectivity index (χ3n) is 6.26. The topological polar surface area (TPSA) is 63.2 Å². The number of carbonyl (C=O) groups is 1. The summed E-state index contributed by atoms with van der Waals surface area (Å²) < 4.78 is 30.0. The molecule has 2 heterocycles. The Bertz CT molecular complexity index is 701. The first kappa shape index (κ1) is 21.4. The second-order valence-corrected chi connectivity index (χ2v) is 9.61. The van der Waals surface area contributed by atoms with Gasteiger partial charge in [-0.1, -0.05) is 6.07 Å². The number of carbonyl (C=O) groups excluding carboxylic acids is 1. The third kappa shape index (κ3) is 3.75. The zero-order valence-corrected chi connectivity index (χ0v) is 18.3. The predicted molar refractivity (Wildman–Crippen MR) is 109 cm³/mol. The van der Waals surface area contributed by atoms with Crippen LogP contribution in [-0.4, -0.2) is 42.6 Å². The largest absolute Gasteiger partial charge is 0.494 e. The molecule has 0 unspecified atom stereocenters. The Morgan fingerprint density at radius 1 is 0.714 bits per heavy atom. The normalized spacial score (nSPS) is 24.5. The summed E-state index contributed by atoms with van der Waals surface area (Å²) in [6.45, 7) is 17.4. The van der Waals surface area contributed by atoms with Crippen molar-refractivity contribution in [2.75, 3.05) is 0 Å². The molecule has 1 aromatic carbocycles. The van der Waals surface area contributed by atoms with Crippen LogP contribution in [0.15, 0.2) is 18.2 Å². The molecule has 0 atom stereocenters. The Hall–Kier alpha value is -1.34. The van der Waals surface area contributed by atoms with E-state index >= 15 is 0 Å². The zero-order chi connectivity index (χ0) is 21.1. The van der Waals surface area contributed by atoms with E-state index in [0.717, 1.165) is 10.9 Å². The number of rotatable bonds is 3. The van der Waals surface area contributed by atoms with Crippen LogP contribution in [0, 0.1) is 0 Å². The van der Waals surface area contributed by atoms with Crippen molar-refractivity contribution in [2.24, 2.45) is 0 Å². The summed E-state index contributed by atoms with van der Waals surface area (Å²) >= 11 is 0. The van der Waals surface area contributed by atoms with Crippen molar-refractivity contribution in [3.8, 4) is 5.75 Å². The van der Waals surface area contributed by atoms with Gasteiger partial charge in [0, 0.05) is 6.92 Å². The highest BCUT2D eigenvalue weighted by molar-refractivity contribution is 6.66. The number of benzene rings is 1. The molecule has 152 valence electrons. The average molecular weight is 388 g/mol. The number of hydrogen-bond acceptors (Lipinski definition) is 6. The van der Waals surface area contributed by atoms with Gasteiger partial charge < -0.3 is 23.4 Å². The minimum atomic E-state index is -0.582. The Morgan fingerprint density at radius 3 is 1.32 bits per heavy atom. The molecule has 0 radical (unpaired) electrons. The SMILES string of the molecule is CC(=O)Oc1cc(B2OC(C)(C)C(C)(C)O2)cc(B2OC(C)(C)C(C)(C)O2)c1. The Balaban J connectivity index is 1.99. The second kappa shape index (κ2) is 6.59. The van der Waals surface area contributed by atoms with Crippen molar-refractivity contribution in [3.05, 3.63) is 18.2 Å². The van der Waals surface area contributed by atoms with Crippen LogP contribution >= 0.6 is 0 Å². The van der Waals surface area contributed by atoms with Crippen molar-refractivity contribution in [1.29, 1.82) is 0 Å². The average Bonchev–Trinajstić information content (AvgIpc) is 2.86. The fraction of sp³-hybridized carbons (Fsp3) is 0.650. The molecule has 0 aliphatic carbocycles. The molecule has 1 aromatic rings. The standard InChI is InChI=1S/C20H30B2O6/c1-13(23)24-16-11-14(21-25-17(2,3)18(4,5)26-21)10-15(12-16)22-27-19(6,7)20(8,9)28-22/h10-12H,1-9H3. The molecule has 2 aliphatic heterocycles. The lowest BCUT2D eigenvalue weighted by molar-refractivity contribution is -0.131. The van der Waals surface area contributed by atoms with Gasteiger partial charge in [0.05, 0.1) is 22.4 Å². The lowest BCUT2D eigenvalue weighted by Gasteiger charge is -2.32. The van der Waals surface area contributed by atoms with Gasteiger partial charge >= 0.3 is 20.2 Å². The van der Waals surface area contributed by atoms with Gasteiger partial charge in [0.25, 0.3) is 0 Å². The first-order chi connectivity index (χ1) is 12.6. The van der Waals surface area contributed by atoms with Gasteiger partial charge in [0.15, 0.2) is 0 Å². The molecule has 0 amide bonds. The highest BCUT2D eigenvalue weighted by Crippen LogP contribution is 2.38. The maximum atomic E-state index is 11.5. The van der Waals surface area contributed by atoms with Crippen molar-refractivity contribution in [1.82, 2.24) is 0 Å². The summed E-state index contributed by atoms with van der Waals surface area (Å²) in [6.07, 6.45) is 0. The fourth-order valence-corrected chi connectivity index (χ4v) is 3.10. The monoisotopic (exact) mass is 388 g/mol. The Morgan fingerprint density at radius 2 is 1.04 bits per heavy atom. The van der Waals surface area contributed by atoms with E-state index in [1.807, 2.05) is 61.5 Å². The van der Waals surface area contributed by atoms with Crippen molar-refractivity contribution in [3.63, 3.8) is 0 Å². The lowest BCUT2D eigenvalue weighted by atomic mass is 9.71. The van der Waals surface area contributed by atoms with E-state index in [1.165, 1.54) is 6.92 Å². The van der Waals surface area contributed by atoms with E-state index in [4.69, 9.17) is 23.4 Å². The number of hydrogen-bond donors (Lipinski definition) is 0. The molecule has 0 spiro atoms. The van der Waals surface area contributed by atoms with Crippen LogP contribution in [0.25, 0.3) is 0 Å². The van der Waals surface area contributed by atoms with Crippen LogP contribution in [0.1, 0.15) is 62.3 Å². The predicted octanol–water partition coefficient (Wildman–Crippen LogP) is 2.21. The summed E-state index contributed by atoms with van der Waals surface area (Å²) in [5, 5.41) is 0. The Kier molecular flexibility index (Phi) is 5.03. The molecule has 0 bridgehead atoms. The first-order valence-electron chi connectivity index (χ1n) is 9.68. The van der Waals surface area contributed by atoms with E-state index in [2.05, 4.69) is 0 Å². The second-order valence-electron chi connectivity index (χ2n) is 9.61. The van der Waals surface area contributed by atoms with Crippen molar-refractivity contribution < 1.29 is 28.1 Å². The van der Waals surface area contributed by atoms with Gasteiger partial charge in [-0.25, -0.2) is 0 Å². The molecule has 8 heteroatoms. The zero-order valence-electron chi connectivity index (χ0n) is 18.3. The van der Waals surface area contributed by atoms with Crippen LogP contribution in [0.4, 0.5) is 0 Å². The minimum Gasteiger partial charge on any atom is -0.427 e. The third-order valence-corrected chi connectivity index (χ3v) is 6.26. The van der Waals surface area contributed by atoms with Crippen LogP contribution < -0.4 is 15.7 Å². The molecular formula is C20H30B2O6. The van der Waals surface area contributed by atoms with Gasteiger partial charge in [-0.2, -0.15) is 0 Å². The number of ether oxygens (including phenoxy) is 1. The molecule has 2 aliphatic rings. The molecule has 0 aromatic heterocycles. The maximum absolute atomic E-state index is 11.5. The molecule has 3 rings (SSSR count). The quantitative estimate of drug-likeness (QED) is 0.450. The minimum absolute atomic E-state index is 0.397. The highest BCUT2D eigenvalue weighted by Gasteiger charge is 2.54. The molecule has 2 fully saturated rings. The molecule has 6 nitrogen and oxygen atoms in total. The van der Waals surface area contributed by atoms with Crippen molar-refractivity contribution in [2.45, 2.75) is 84.7 Å². The number of esters is 1. The van der Waals surface area contributed by atoms with Crippen LogP contribution in [-0.2, 0) is 23.4 Å². The van der Waals surface area contributed by atoms with Crippen molar-refractivity contribution >= 4 is 31.1 Å². The van der Waals surface area contributed by atoms with Gasteiger partial charge in [-0.05, 0) is 78.4 Å². The molecule has 0 N–H and O–H groups in total. The summed E-state index contributed by atoms with van der Waals surface area (Å²) in [6, 6.07) is 5.45. The summed E-state index contributed by atoms with van der Waals surface area (Å²) in [5.74, 6) is 0.00959. The van der Waals surface area contributed by atoms with Crippen LogP contribution in [0.3, 0.4) is 0 Å². The van der Waals surface area contributed by atoms with Crippen LogP contribution in [0.2, 0.25) is 0 Å². The summed E-state index contributed by atoms with van der Waals surface area (Å²) in [4.78, 5) is 11.5. The molecule has 0 saturated carbocycles. The highest BCUT2D eigenvalue weighted by atomic mass is 16.7. The van der Waals surface area contributed by atoms with E-state index in [0.29, 0.717) is 5.75 Å².